The highest BCUT2D eigenvalue weighted by Gasteiger charge is 2.37. The molecule has 156 valence electrons. The molecular formula is C21H29FN4O2Si. The van der Waals surface area contributed by atoms with E-state index in [9.17, 15) is 0 Å². The zero-order chi connectivity index (χ0) is 23.7. The second-order valence-corrected chi connectivity index (χ2v) is 13.5. The van der Waals surface area contributed by atoms with Crippen molar-refractivity contribution in [2.75, 3.05) is 25.0 Å². The molecule has 1 aromatic carbocycles. The van der Waals surface area contributed by atoms with Crippen LogP contribution in [-0.4, -0.2) is 44.1 Å². The smallest absolute Gasteiger partial charge is 0.225 e. The molecule has 0 bridgehead atoms. The van der Waals surface area contributed by atoms with Crippen LogP contribution in [0.2, 0.25) is 18.1 Å². The van der Waals surface area contributed by atoms with E-state index in [1.54, 1.807) is 30.6 Å². The summed E-state index contributed by atoms with van der Waals surface area (Å²) in [5.41, 5.74) is 2.09. The summed E-state index contributed by atoms with van der Waals surface area (Å²) in [6.45, 7) is 11.7. The molecule has 1 fully saturated rings. The number of halogens is 1. The van der Waals surface area contributed by atoms with Gasteiger partial charge in [0, 0.05) is 29.1 Å². The fourth-order valence-corrected chi connectivity index (χ4v) is 3.62. The number of oxime groups is 1. The highest BCUT2D eigenvalue weighted by Crippen LogP contribution is 2.37. The van der Waals surface area contributed by atoms with Crippen molar-refractivity contribution < 1.29 is 17.8 Å². The molecule has 0 unspecified atom stereocenters. The Hall–Kier alpha value is -2.32. The maximum atomic E-state index is 15.2. The van der Waals surface area contributed by atoms with Crippen LogP contribution in [0.5, 0.6) is 0 Å². The molecular weight excluding hydrogens is 387 g/mol. The maximum Gasteiger partial charge on any atom is 0.225 e. The largest absolute Gasteiger partial charge is 0.412 e. The summed E-state index contributed by atoms with van der Waals surface area (Å²) in [5, 5.41) is 3.66. The molecule has 2 heterocycles. The molecule has 0 saturated carbocycles. The van der Waals surface area contributed by atoms with Gasteiger partial charge in [0.05, 0.1) is 29.5 Å². The lowest BCUT2D eigenvalue weighted by Crippen LogP contribution is -2.48. The van der Waals surface area contributed by atoms with Gasteiger partial charge >= 0.3 is 0 Å². The topological polar surface area (TPSA) is 59.8 Å². The van der Waals surface area contributed by atoms with Crippen molar-refractivity contribution in [1.82, 2.24) is 9.97 Å². The number of hydrogen-bond acceptors (Lipinski definition) is 6. The minimum Gasteiger partial charge on any atom is -0.412 e. The first kappa shape index (κ1) is 17.5. The lowest BCUT2D eigenvalue weighted by Gasteiger charge is -2.36. The van der Waals surface area contributed by atoms with Gasteiger partial charge in [-0.2, -0.15) is 0 Å². The van der Waals surface area contributed by atoms with E-state index in [0.717, 1.165) is 0 Å². The minimum absolute atomic E-state index is 0.0467. The number of anilines is 1. The lowest BCUT2D eigenvalue weighted by atomic mass is 10.1. The van der Waals surface area contributed by atoms with E-state index in [1.165, 1.54) is 0 Å². The highest BCUT2D eigenvalue weighted by molar-refractivity contribution is 6.74. The molecule has 1 aliphatic rings. The van der Waals surface area contributed by atoms with Crippen LogP contribution in [0.1, 0.15) is 30.4 Å². The monoisotopic (exact) mass is 419 g/mol. The summed E-state index contributed by atoms with van der Waals surface area (Å²) in [5.74, 6) is 0.127. The molecule has 0 amide bonds. The summed E-state index contributed by atoms with van der Waals surface area (Å²) in [7, 11) is -4.55. The Kier molecular flexibility index (Phi) is 4.95. The molecule has 6 nitrogen and oxygen atoms in total. The third-order valence-corrected chi connectivity index (χ3v) is 10.1. The van der Waals surface area contributed by atoms with Crippen LogP contribution in [0.15, 0.2) is 35.7 Å². The van der Waals surface area contributed by atoms with E-state index in [2.05, 4.69) is 53.8 Å². The van der Waals surface area contributed by atoms with Gasteiger partial charge in [-0.1, -0.05) is 44.1 Å². The molecule has 1 aliphatic heterocycles. The maximum absolute atomic E-state index is 15.2. The summed E-state index contributed by atoms with van der Waals surface area (Å²) in [6, 6.07) is 5.24. The zero-order valence-corrected chi connectivity index (χ0v) is 18.5. The zero-order valence-electron chi connectivity index (χ0n) is 20.5. The summed E-state index contributed by atoms with van der Waals surface area (Å²) < 4.78 is 42.3. The van der Waals surface area contributed by atoms with Crippen molar-refractivity contribution in [3.8, 4) is 11.1 Å². The van der Waals surface area contributed by atoms with Gasteiger partial charge in [0.25, 0.3) is 0 Å². The summed E-state index contributed by atoms with van der Waals surface area (Å²) >= 11 is 0. The fourth-order valence-electron chi connectivity index (χ4n) is 2.67. The molecule has 29 heavy (non-hydrogen) atoms. The number of benzene rings is 1. The van der Waals surface area contributed by atoms with Crippen molar-refractivity contribution in [2.24, 2.45) is 5.16 Å². The second kappa shape index (κ2) is 8.20. The predicted octanol–water partition coefficient (Wildman–Crippen LogP) is 4.63. The highest BCUT2D eigenvalue weighted by atomic mass is 28.4. The van der Waals surface area contributed by atoms with Crippen LogP contribution in [-0.2, 0) is 15.9 Å². The Balaban J connectivity index is 1.67. The molecule has 0 aliphatic carbocycles. The molecule has 0 N–H and O–H groups in total. The molecule has 0 spiro atoms. The number of hydrogen-bond donors (Lipinski definition) is 0. The SMILES string of the molecule is [2H]C([2H])([2H])ON=C1CN(c2ncc(-c3cccc(CO[Si](C)(C)C(C)(C)C)c3F)cn2)C1. The summed E-state index contributed by atoms with van der Waals surface area (Å²) in [6.07, 6.45) is 3.15. The van der Waals surface area contributed by atoms with Gasteiger partial charge in [-0.3, -0.25) is 0 Å². The molecule has 8 heteroatoms. The number of aromatic nitrogens is 2. The van der Waals surface area contributed by atoms with Crippen LogP contribution >= 0.6 is 0 Å². The normalized spacial score (nSPS) is 16.6. The molecule has 2 aromatic rings. The molecule has 0 radical (unpaired) electrons. The van der Waals surface area contributed by atoms with Gasteiger partial charge < -0.3 is 14.2 Å². The quantitative estimate of drug-likeness (QED) is 0.505. The Bertz CT molecular complexity index is 984. The van der Waals surface area contributed by atoms with Crippen molar-refractivity contribution in [1.29, 1.82) is 0 Å². The van der Waals surface area contributed by atoms with Crippen LogP contribution in [0.4, 0.5) is 10.3 Å². The molecule has 3 rings (SSSR count). The first-order valence-electron chi connectivity index (χ1n) is 11.0. The average molecular weight is 420 g/mol. The van der Waals surface area contributed by atoms with Crippen LogP contribution < -0.4 is 4.90 Å². The number of rotatable bonds is 6. The molecule has 0 atom stereocenters. The Morgan fingerprint density at radius 3 is 2.55 bits per heavy atom. The van der Waals surface area contributed by atoms with Crippen molar-refractivity contribution in [3.05, 3.63) is 42.0 Å². The minimum atomic E-state index is -2.56. The van der Waals surface area contributed by atoms with E-state index in [0.29, 0.717) is 41.4 Å². The van der Waals surface area contributed by atoms with E-state index < -0.39 is 15.4 Å². The van der Waals surface area contributed by atoms with E-state index in [4.69, 9.17) is 8.54 Å². The predicted molar refractivity (Wildman–Crippen MR) is 116 cm³/mol. The first-order chi connectivity index (χ1) is 14.8. The standard InChI is InChI=1S/C21H29FN4O2Si/c1-21(2,3)29(5,6)28-14-15-8-7-9-18(19(15)22)16-10-23-20(24-11-16)26-12-17(13-26)25-27-4/h7-11H,12-14H2,1-6H3/i4D3. The Labute approximate surface area is 177 Å². The van der Waals surface area contributed by atoms with Crippen LogP contribution in [0.25, 0.3) is 11.1 Å². The first-order valence-corrected chi connectivity index (χ1v) is 12.4. The molecule has 1 aromatic heterocycles. The second-order valence-electron chi connectivity index (χ2n) is 8.70. The number of nitrogens with zero attached hydrogens (tertiary/aromatic N) is 4. The van der Waals surface area contributed by atoms with Gasteiger partial charge in [0.15, 0.2) is 8.32 Å². The van der Waals surface area contributed by atoms with E-state index in [1.807, 2.05) is 4.90 Å². The Morgan fingerprint density at radius 1 is 1.24 bits per heavy atom. The van der Waals surface area contributed by atoms with Crippen LogP contribution in [0, 0.1) is 5.82 Å². The van der Waals surface area contributed by atoms with Crippen molar-refractivity contribution >= 4 is 20.0 Å². The third-order valence-electron chi connectivity index (χ3n) is 5.63. The van der Waals surface area contributed by atoms with Crippen molar-refractivity contribution in [3.63, 3.8) is 0 Å². The van der Waals surface area contributed by atoms with Gasteiger partial charge in [0.1, 0.15) is 12.9 Å². The van der Waals surface area contributed by atoms with E-state index >= 15 is 4.39 Å². The van der Waals surface area contributed by atoms with Crippen LogP contribution in [0.3, 0.4) is 0 Å². The average Bonchev–Trinajstić information content (AvgIpc) is 2.65. The Morgan fingerprint density at radius 2 is 1.93 bits per heavy atom. The fraction of sp³-hybridized carbons (Fsp3) is 0.476. The lowest BCUT2D eigenvalue weighted by molar-refractivity contribution is 0.211. The third kappa shape index (κ3) is 4.64. The van der Waals surface area contributed by atoms with Gasteiger partial charge in [-0.05, 0) is 18.1 Å². The van der Waals surface area contributed by atoms with Crippen molar-refractivity contribution in [2.45, 2.75) is 45.5 Å². The van der Waals surface area contributed by atoms with Gasteiger partial charge in [-0.15, -0.1) is 0 Å². The summed E-state index contributed by atoms with van der Waals surface area (Å²) in [4.78, 5) is 14.9. The van der Waals surface area contributed by atoms with Gasteiger partial charge in [-0.25, -0.2) is 14.4 Å². The van der Waals surface area contributed by atoms with Gasteiger partial charge in [0.2, 0.25) is 5.95 Å². The van der Waals surface area contributed by atoms with E-state index in [-0.39, 0.29) is 17.5 Å². The molecule has 1 saturated heterocycles.